The van der Waals surface area contributed by atoms with Gasteiger partial charge in [0.05, 0.1) is 38.6 Å². The smallest absolute Gasteiger partial charge is 0.224 e. The fourth-order valence-electron chi connectivity index (χ4n) is 3.48. The van der Waals surface area contributed by atoms with E-state index in [2.05, 4.69) is 9.80 Å². The van der Waals surface area contributed by atoms with Crippen LogP contribution in [0.2, 0.25) is 0 Å². The molecule has 3 heterocycles. The van der Waals surface area contributed by atoms with Crippen molar-refractivity contribution in [3.63, 3.8) is 0 Å². The lowest BCUT2D eigenvalue weighted by Gasteiger charge is -2.33. The summed E-state index contributed by atoms with van der Waals surface area (Å²) in [5.74, 6) is 0.154. The molecule has 3 rings (SSSR count). The molecule has 0 aromatic carbocycles. The first-order valence-electron chi connectivity index (χ1n) is 8.32. The second-order valence-corrected chi connectivity index (χ2v) is 6.29. The number of nitrogens with zero attached hydrogens (tertiary/aromatic N) is 3. The first-order valence-corrected chi connectivity index (χ1v) is 8.32. The third-order valence-electron chi connectivity index (χ3n) is 4.87. The Kier molecular flexibility index (Phi) is 5.65. The van der Waals surface area contributed by atoms with Crippen molar-refractivity contribution in [3.8, 4) is 0 Å². The van der Waals surface area contributed by atoms with Crippen LogP contribution in [-0.4, -0.2) is 110 Å². The summed E-state index contributed by atoms with van der Waals surface area (Å²) < 4.78 is 10.7. The molecule has 0 saturated carbocycles. The lowest BCUT2D eigenvalue weighted by molar-refractivity contribution is -0.131. The van der Waals surface area contributed by atoms with Crippen LogP contribution in [0.25, 0.3) is 0 Å². The molecule has 7 nitrogen and oxygen atoms in total. The van der Waals surface area contributed by atoms with Gasteiger partial charge in [0.2, 0.25) is 5.91 Å². The Balaban J connectivity index is 1.44. The molecular formula is C15H27N3O4. The Labute approximate surface area is 131 Å². The molecule has 3 saturated heterocycles. The molecule has 3 aliphatic rings. The monoisotopic (exact) mass is 313 g/mol. The molecule has 3 fully saturated rings. The molecule has 0 aliphatic carbocycles. The highest BCUT2D eigenvalue weighted by Crippen LogP contribution is 2.18. The number of hydrogen-bond donors (Lipinski definition) is 1. The summed E-state index contributed by atoms with van der Waals surface area (Å²) in [6, 6.07) is 0.0660. The third-order valence-corrected chi connectivity index (χ3v) is 4.87. The van der Waals surface area contributed by atoms with Gasteiger partial charge in [0.15, 0.2) is 0 Å². The van der Waals surface area contributed by atoms with Crippen LogP contribution in [0.3, 0.4) is 0 Å². The van der Waals surface area contributed by atoms with Gasteiger partial charge >= 0.3 is 0 Å². The van der Waals surface area contributed by atoms with E-state index in [4.69, 9.17) is 9.47 Å². The fraction of sp³-hybridized carbons (Fsp3) is 0.933. The van der Waals surface area contributed by atoms with Gasteiger partial charge in [-0.25, -0.2) is 0 Å². The number of aliphatic hydroxyl groups is 1. The minimum Gasteiger partial charge on any atom is -0.390 e. The van der Waals surface area contributed by atoms with Crippen LogP contribution >= 0.6 is 0 Å². The number of ether oxygens (including phenoxy) is 2. The molecule has 0 bridgehead atoms. The van der Waals surface area contributed by atoms with E-state index in [1.165, 1.54) is 0 Å². The van der Waals surface area contributed by atoms with Crippen LogP contribution < -0.4 is 0 Å². The molecule has 0 unspecified atom stereocenters. The SMILES string of the molecule is O=C(CCN1CCOCC1)N1C[C@@H](O)[C@H](N2CCOCC2)C1. The lowest BCUT2D eigenvalue weighted by atomic mass is 10.1. The van der Waals surface area contributed by atoms with Gasteiger partial charge in [0, 0.05) is 52.2 Å². The minimum absolute atomic E-state index is 0.0660. The number of carbonyl (C=O) groups excluding carboxylic acids is 1. The van der Waals surface area contributed by atoms with Crippen LogP contribution in [0.4, 0.5) is 0 Å². The van der Waals surface area contributed by atoms with Gasteiger partial charge in [-0.15, -0.1) is 0 Å². The maximum Gasteiger partial charge on any atom is 0.224 e. The van der Waals surface area contributed by atoms with Crippen LogP contribution in [-0.2, 0) is 14.3 Å². The Morgan fingerprint density at radius 3 is 2.32 bits per heavy atom. The molecule has 22 heavy (non-hydrogen) atoms. The number of morpholine rings is 2. The van der Waals surface area contributed by atoms with Gasteiger partial charge in [-0.05, 0) is 0 Å². The average Bonchev–Trinajstić information content (AvgIpc) is 2.96. The molecule has 3 aliphatic heterocycles. The summed E-state index contributed by atoms with van der Waals surface area (Å²) >= 11 is 0. The zero-order valence-electron chi connectivity index (χ0n) is 13.2. The molecular weight excluding hydrogens is 286 g/mol. The Morgan fingerprint density at radius 2 is 1.64 bits per heavy atom. The van der Waals surface area contributed by atoms with Crippen molar-refractivity contribution in [1.29, 1.82) is 0 Å². The lowest BCUT2D eigenvalue weighted by Crippen LogP contribution is -2.49. The molecule has 1 N–H and O–H groups in total. The van der Waals surface area contributed by atoms with E-state index in [1.807, 2.05) is 4.90 Å². The number of amides is 1. The van der Waals surface area contributed by atoms with E-state index in [0.717, 1.165) is 45.9 Å². The zero-order valence-corrected chi connectivity index (χ0v) is 13.2. The first kappa shape index (κ1) is 16.1. The summed E-state index contributed by atoms with van der Waals surface area (Å²) in [6.45, 7) is 8.35. The van der Waals surface area contributed by atoms with Crippen LogP contribution in [0.15, 0.2) is 0 Å². The maximum absolute atomic E-state index is 12.4. The summed E-state index contributed by atoms with van der Waals surface area (Å²) in [5.41, 5.74) is 0. The van der Waals surface area contributed by atoms with E-state index in [1.54, 1.807) is 0 Å². The van der Waals surface area contributed by atoms with Crippen LogP contribution in [0.1, 0.15) is 6.42 Å². The molecule has 0 radical (unpaired) electrons. The van der Waals surface area contributed by atoms with Crippen LogP contribution in [0, 0.1) is 0 Å². The summed E-state index contributed by atoms with van der Waals surface area (Å²) in [4.78, 5) is 18.7. The molecule has 0 spiro atoms. The number of hydrogen-bond acceptors (Lipinski definition) is 6. The summed E-state index contributed by atoms with van der Waals surface area (Å²) in [6.07, 6.45) is 0.0909. The molecule has 0 aromatic rings. The standard InChI is InChI=1S/C15H27N3O4/c19-14-12-18(11-13(14)17-5-9-22-10-6-17)15(20)1-2-16-3-7-21-8-4-16/h13-14,19H,1-12H2/t13-,14-/m1/s1. The molecule has 126 valence electrons. The van der Waals surface area contributed by atoms with Crippen molar-refractivity contribution >= 4 is 5.91 Å². The van der Waals surface area contributed by atoms with Gasteiger partial charge in [-0.1, -0.05) is 0 Å². The molecule has 7 heteroatoms. The van der Waals surface area contributed by atoms with Crippen molar-refractivity contribution < 1.29 is 19.4 Å². The Morgan fingerprint density at radius 1 is 1.00 bits per heavy atom. The van der Waals surface area contributed by atoms with E-state index in [-0.39, 0.29) is 11.9 Å². The van der Waals surface area contributed by atoms with Crippen molar-refractivity contribution in [2.75, 3.05) is 72.2 Å². The number of β-amino-alcohol motifs (C(OH)–C–C–N with tert-alkyl or cyclic N) is 1. The van der Waals surface area contributed by atoms with Crippen molar-refractivity contribution in [2.24, 2.45) is 0 Å². The first-order chi connectivity index (χ1) is 10.7. The highest BCUT2D eigenvalue weighted by Gasteiger charge is 2.37. The van der Waals surface area contributed by atoms with Gasteiger partial charge < -0.3 is 19.5 Å². The summed E-state index contributed by atoms with van der Waals surface area (Å²) in [7, 11) is 0. The second-order valence-electron chi connectivity index (χ2n) is 6.29. The van der Waals surface area contributed by atoms with Gasteiger partial charge in [0.1, 0.15) is 0 Å². The zero-order chi connectivity index (χ0) is 15.4. The molecule has 0 aromatic heterocycles. The Hall–Kier alpha value is -0.730. The highest BCUT2D eigenvalue weighted by molar-refractivity contribution is 5.76. The van der Waals surface area contributed by atoms with E-state index in [9.17, 15) is 9.90 Å². The quantitative estimate of drug-likeness (QED) is 0.690. The van der Waals surface area contributed by atoms with E-state index in [0.29, 0.717) is 32.7 Å². The molecule has 2 atom stereocenters. The second kappa shape index (κ2) is 7.70. The maximum atomic E-state index is 12.4. The topological polar surface area (TPSA) is 65.5 Å². The highest BCUT2D eigenvalue weighted by atomic mass is 16.5. The fourth-order valence-corrected chi connectivity index (χ4v) is 3.48. The van der Waals surface area contributed by atoms with Crippen molar-refractivity contribution in [3.05, 3.63) is 0 Å². The van der Waals surface area contributed by atoms with Crippen molar-refractivity contribution in [1.82, 2.24) is 14.7 Å². The number of carbonyl (C=O) groups is 1. The van der Waals surface area contributed by atoms with Crippen LogP contribution in [0.5, 0.6) is 0 Å². The largest absolute Gasteiger partial charge is 0.390 e. The van der Waals surface area contributed by atoms with Crippen molar-refractivity contribution in [2.45, 2.75) is 18.6 Å². The van der Waals surface area contributed by atoms with Gasteiger partial charge in [-0.3, -0.25) is 14.6 Å². The number of rotatable bonds is 4. The van der Waals surface area contributed by atoms with Gasteiger partial charge in [-0.2, -0.15) is 0 Å². The summed E-state index contributed by atoms with van der Waals surface area (Å²) in [5, 5.41) is 10.3. The predicted molar refractivity (Wildman–Crippen MR) is 80.6 cm³/mol. The number of likely N-dealkylation sites (tertiary alicyclic amines) is 1. The van der Waals surface area contributed by atoms with E-state index < -0.39 is 6.10 Å². The third kappa shape index (κ3) is 3.97. The average molecular weight is 313 g/mol. The Bertz CT molecular complexity index is 370. The minimum atomic E-state index is -0.439. The normalized spacial score (nSPS) is 31.6. The van der Waals surface area contributed by atoms with Gasteiger partial charge in [0.25, 0.3) is 0 Å². The van der Waals surface area contributed by atoms with E-state index >= 15 is 0 Å². The molecule has 1 amide bonds. The number of aliphatic hydroxyl groups excluding tert-OH is 1. The predicted octanol–water partition coefficient (Wildman–Crippen LogP) is -1.39.